The van der Waals surface area contributed by atoms with Gasteiger partial charge < -0.3 is 16.0 Å². The molecule has 0 radical (unpaired) electrons. The molecule has 4 N–H and O–H groups in total. The topological polar surface area (TPSA) is 112 Å². The summed E-state index contributed by atoms with van der Waals surface area (Å²) >= 11 is 0. The second kappa shape index (κ2) is 7.93. The molecule has 1 heterocycles. The zero-order valence-electron chi connectivity index (χ0n) is 14.4. The van der Waals surface area contributed by atoms with Crippen LogP contribution in [-0.2, 0) is 11.2 Å². The van der Waals surface area contributed by atoms with Gasteiger partial charge in [0, 0.05) is 24.2 Å². The third-order valence-electron chi connectivity index (χ3n) is 4.57. The molecule has 0 fully saturated rings. The van der Waals surface area contributed by atoms with Gasteiger partial charge in [-0.15, -0.1) is 0 Å². The number of carbonyl (C=O) groups is 1. The number of aromatic nitrogens is 1. The van der Waals surface area contributed by atoms with Crippen LogP contribution in [0.3, 0.4) is 0 Å². The van der Waals surface area contributed by atoms with Gasteiger partial charge in [0.2, 0.25) is 5.91 Å². The summed E-state index contributed by atoms with van der Waals surface area (Å²) in [5.41, 5.74) is 7.73. The highest BCUT2D eigenvalue weighted by molar-refractivity contribution is 5.76. The van der Waals surface area contributed by atoms with E-state index in [1.807, 2.05) is 19.9 Å². The van der Waals surface area contributed by atoms with E-state index < -0.39 is 0 Å². The summed E-state index contributed by atoms with van der Waals surface area (Å²) < 4.78 is 0. The maximum atomic E-state index is 12.0. The number of hydrogen-bond donors (Lipinski definition) is 3. The molecule has 126 valence electrons. The number of aryl methyl sites for hydroxylation is 1. The first-order chi connectivity index (χ1) is 10.8. The third-order valence-corrected chi connectivity index (χ3v) is 4.57. The number of H-pyrrole nitrogens is 1. The van der Waals surface area contributed by atoms with Crippen molar-refractivity contribution in [2.75, 3.05) is 6.54 Å². The number of pyridine rings is 1. The SMILES string of the molecule is CCC(N)(CC)CNC(=O)CCc1c(C)[nH]c(=O)c(C#N)c1C. The summed E-state index contributed by atoms with van der Waals surface area (Å²) in [6, 6.07) is 1.92. The molecule has 0 saturated carbocycles. The highest BCUT2D eigenvalue weighted by atomic mass is 16.1. The zero-order chi connectivity index (χ0) is 17.6. The zero-order valence-corrected chi connectivity index (χ0v) is 14.4. The molecular formula is C17H26N4O2. The fraction of sp³-hybridized carbons (Fsp3) is 0.588. The molecule has 6 nitrogen and oxygen atoms in total. The van der Waals surface area contributed by atoms with E-state index in [4.69, 9.17) is 11.0 Å². The number of rotatable bonds is 7. The number of hydrogen-bond acceptors (Lipinski definition) is 4. The van der Waals surface area contributed by atoms with E-state index in [9.17, 15) is 9.59 Å². The first kappa shape index (κ1) is 18.9. The fourth-order valence-corrected chi connectivity index (χ4v) is 2.52. The molecule has 6 heteroatoms. The minimum Gasteiger partial charge on any atom is -0.354 e. The molecular weight excluding hydrogens is 292 g/mol. The summed E-state index contributed by atoms with van der Waals surface area (Å²) in [6.07, 6.45) is 2.37. The molecule has 0 unspecified atom stereocenters. The van der Waals surface area contributed by atoms with E-state index in [1.165, 1.54) is 0 Å². The molecule has 0 bridgehead atoms. The van der Waals surface area contributed by atoms with Crippen LogP contribution in [0, 0.1) is 25.2 Å². The molecule has 0 aliphatic heterocycles. The Morgan fingerprint density at radius 2 is 1.96 bits per heavy atom. The largest absolute Gasteiger partial charge is 0.354 e. The van der Waals surface area contributed by atoms with Crippen molar-refractivity contribution in [2.45, 2.75) is 58.9 Å². The molecule has 0 atom stereocenters. The fourth-order valence-electron chi connectivity index (χ4n) is 2.52. The number of carbonyl (C=O) groups excluding carboxylic acids is 1. The number of nitrogens with zero attached hydrogens (tertiary/aromatic N) is 1. The van der Waals surface area contributed by atoms with Crippen molar-refractivity contribution >= 4 is 5.91 Å². The van der Waals surface area contributed by atoms with Gasteiger partial charge in [0.05, 0.1) is 0 Å². The Morgan fingerprint density at radius 1 is 1.35 bits per heavy atom. The van der Waals surface area contributed by atoms with Crippen LogP contribution in [0.15, 0.2) is 4.79 Å². The van der Waals surface area contributed by atoms with Crippen molar-refractivity contribution in [1.29, 1.82) is 5.26 Å². The first-order valence-corrected chi connectivity index (χ1v) is 7.96. The van der Waals surface area contributed by atoms with Crippen LogP contribution in [0.4, 0.5) is 0 Å². The van der Waals surface area contributed by atoms with Crippen molar-refractivity contribution in [3.8, 4) is 6.07 Å². The second-order valence-corrected chi connectivity index (χ2v) is 6.02. The van der Waals surface area contributed by atoms with Crippen LogP contribution in [0.2, 0.25) is 0 Å². The van der Waals surface area contributed by atoms with Crippen molar-refractivity contribution in [1.82, 2.24) is 10.3 Å². The van der Waals surface area contributed by atoms with Crippen LogP contribution in [0.5, 0.6) is 0 Å². The predicted molar refractivity (Wildman–Crippen MR) is 90.1 cm³/mol. The lowest BCUT2D eigenvalue weighted by molar-refractivity contribution is -0.121. The van der Waals surface area contributed by atoms with E-state index in [2.05, 4.69) is 10.3 Å². The molecule has 1 aromatic rings. The molecule has 1 rings (SSSR count). The van der Waals surface area contributed by atoms with E-state index in [-0.39, 0.29) is 22.6 Å². The van der Waals surface area contributed by atoms with Crippen molar-refractivity contribution in [3.63, 3.8) is 0 Å². The van der Waals surface area contributed by atoms with E-state index in [0.29, 0.717) is 30.6 Å². The molecule has 0 spiro atoms. The monoisotopic (exact) mass is 318 g/mol. The lowest BCUT2D eigenvalue weighted by Gasteiger charge is -2.26. The van der Waals surface area contributed by atoms with Crippen molar-refractivity contribution in [3.05, 3.63) is 32.7 Å². The van der Waals surface area contributed by atoms with Gasteiger partial charge in [-0.2, -0.15) is 5.26 Å². The van der Waals surface area contributed by atoms with Crippen LogP contribution in [-0.4, -0.2) is 23.0 Å². The number of nitrogens with two attached hydrogens (primary N) is 1. The Balaban J connectivity index is 2.75. The highest BCUT2D eigenvalue weighted by Gasteiger charge is 2.21. The number of nitriles is 1. The smallest absolute Gasteiger partial charge is 0.266 e. The van der Waals surface area contributed by atoms with Crippen LogP contribution >= 0.6 is 0 Å². The van der Waals surface area contributed by atoms with Crippen molar-refractivity contribution < 1.29 is 4.79 Å². The maximum Gasteiger partial charge on any atom is 0.266 e. The first-order valence-electron chi connectivity index (χ1n) is 7.96. The Labute approximate surface area is 137 Å². The summed E-state index contributed by atoms with van der Waals surface area (Å²) in [4.78, 5) is 26.4. The van der Waals surface area contributed by atoms with Crippen LogP contribution in [0.25, 0.3) is 0 Å². The number of nitrogens with one attached hydrogen (secondary N) is 2. The summed E-state index contributed by atoms with van der Waals surface area (Å²) in [5, 5.41) is 11.9. The molecule has 0 aliphatic carbocycles. The molecule has 0 aliphatic rings. The lowest BCUT2D eigenvalue weighted by atomic mass is 9.94. The summed E-state index contributed by atoms with van der Waals surface area (Å²) in [6.45, 7) is 7.99. The van der Waals surface area contributed by atoms with Crippen molar-refractivity contribution in [2.24, 2.45) is 5.73 Å². The van der Waals surface area contributed by atoms with Gasteiger partial charge in [-0.1, -0.05) is 13.8 Å². The van der Waals surface area contributed by atoms with Gasteiger partial charge in [-0.05, 0) is 44.2 Å². The molecule has 1 amide bonds. The number of aromatic amines is 1. The maximum absolute atomic E-state index is 12.0. The van der Waals surface area contributed by atoms with Gasteiger partial charge in [-0.25, -0.2) is 0 Å². The Bertz CT molecular complexity index is 666. The molecule has 1 aromatic heterocycles. The van der Waals surface area contributed by atoms with E-state index >= 15 is 0 Å². The quantitative estimate of drug-likeness (QED) is 0.706. The summed E-state index contributed by atoms with van der Waals surface area (Å²) in [7, 11) is 0. The second-order valence-electron chi connectivity index (χ2n) is 6.02. The normalized spacial score (nSPS) is 11.1. The molecule has 0 aromatic carbocycles. The minimum absolute atomic E-state index is 0.0785. The van der Waals surface area contributed by atoms with Crippen LogP contribution < -0.4 is 16.6 Å². The standard InChI is InChI=1S/C17H26N4O2/c1-5-17(19,6-2)10-20-15(22)8-7-13-11(3)14(9-18)16(23)21-12(13)4/h5-8,10,19H2,1-4H3,(H,20,22)(H,21,23). The minimum atomic E-state index is -0.380. The lowest BCUT2D eigenvalue weighted by Crippen LogP contribution is -2.49. The van der Waals surface area contributed by atoms with Gasteiger partial charge in [-0.3, -0.25) is 9.59 Å². The third kappa shape index (κ3) is 4.67. The Kier molecular flexibility index (Phi) is 6.52. The van der Waals surface area contributed by atoms with E-state index in [0.717, 1.165) is 18.4 Å². The average Bonchev–Trinajstić information content (AvgIpc) is 2.52. The Hall–Kier alpha value is -2.13. The average molecular weight is 318 g/mol. The molecule has 0 saturated heterocycles. The molecule has 23 heavy (non-hydrogen) atoms. The van der Waals surface area contributed by atoms with Crippen LogP contribution in [0.1, 0.15) is 55.5 Å². The predicted octanol–water partition coefficient (Wildman–Crippen LogP) is 1.43. The summed E-state index contributed by atoms with van der Waals surface area (Å²) in [5.74, 6) is -0.0785. The van der Waals surface area contributed by atoms with Gasteiger partial charge in [0.15, 0.2) is 0 Å². The van der Waals surface area contributed by atoms with E-state index in [1.54, 1.807) is 13.8 Å². The highest BCUT2D eigenvalue weighted by Crippen LogP contribution is 2.15. The van der Waals surface area contributed by atoms with Gasteiger partial charge in [0.1, 0.15) is 11.6 Å². The van der Waals surface area contributed by atoms with Gasteiger partial charge >= 0.3 is 0 Å². The van der Waals surface area contributed by atoms with Gasteiger partial charge in [0.25, 0.3) is 5.56 Å². The Morgan fingerprint density at radius 3 is 2.48 bits per heavy atom. The number of amides is 1.